The van der Waals surface area contributed by atoms with Gasteiger partial charge in [-0.2, -0.15) is 0 Å². The van der Waals surface area contributed by atoms with E-state index in [0.29, 0.717) is 18.1 Å². The Bertz CT molecular complexity index is 818. The molecule has 0 spiro atoms. The molecule has 0 aliphatic heterocycles. The van der Waals surface area contributed by atoms with Crippen molar-refractivity contribution >= 4 is 5.91 Å². The van der Waals surface area contributed by atoms with Gasteiger partial charge in [0.1, 0.15) is 18.1 Å². The number of furan rings is 1. The lowest BCUT2D eigenvalue weighted by atomic mass is 9.53. The quantitative estimate of drug-likeness (QED) is 0.823. The van der Waals surface area contributed by atoms with Crippen LogP contribution < -0.4 is 10.1 Å². The molecule has 4 nitrogen and oxygen atoms in total. The first kappa shape index (κ1) is 16.9. The van der Waals surface area contributed by atoms with Gasteiger partial charge in [-0.3, -0.25) is 4.79 Å². The molecule has 1 aromatic carbocycles. The summed E-state index contributed by atoms with van der Waals surface area (Å²) in [7, 11) is 0. The number of hydrogen-bond donors (Lipinski definition) is 1. The fourth-order valence-electron chi connectivity index (χ4n) is 6.01. The number of benzene rings is 1. The molecule has 4 bridgehead atoms. The van der Waals surface area contributed by atoms with E-state index < -0.39 is 0 Å². The molecule has 142 valence electrons. The molecule has 2 aromatic rings. The van der Waals surface area contributed by atoms with E-state index in [9.17, 15) is 4.79 Å². The summed E-state index contributed by atoms with van der Waals surface area (Å²) in [6.07, 6.45) is 7.56. The van der Waals surface area contributed by atoms with Crippen LogP contribution in [0.25, 0.3) is 0 Å². The van der Waals surface area contributed by atoms with Crippen molar-refractivity contribution in [1.29, 1.82) is 0 Å². The van der Waals surface area contributed by atoms with Crippen LogP contribution in [0.5, 0.6) is 5.75 Å². The predicted molar refractivity (Wildman–Crippen MR) is 103 cm³/mol. The Balaban J connectivity index is 1.23. The van der Waals surface area contributed by atoms with Crippen LogP contribution in [-0.4, -0.2) is 11.4 Å². The minimum Gasteiger partial charge on any atom is -0.485 e. The summed E-state index contributed by atoms with van der Waals surface area (Å²) in [5.74, 6) is 4.28. The van der Waals surface area contributed by atoms with Crippen LogP contribution in [0.1, 0.15) is 60.4 Å². The molecule has 6 rings (SSSR count). The van der Waals surface area contributed by atoms with Gasteiger partial charge in [0, 0.05) is 5.54 Å². The van der Waals surface area contributed by atoms with Crippen molar-refractivity contribution in [3.05, 3.63) is 53.5 Å². The van der Waals surface area contributed by atoms with Gasteiger partial charge in [0.25, 0.3) is 5.91 Å². The molecule has 1 amide bonds. The molecule has 1 heterocycles. The van der Waals surface area contributed by atoms with Crippen LogP contribution in [-0.2, 0) is 6.61 Å². The van der Waals surface area contributed by atoms with E-state index in [1.807, 2.05) is 37.3 Å². The molecule has 27 heavy (non-hydrogen) atoms. The Hall–Kier alpha value is -2.23. The van der Waals surface area contributed by atoms with E-state index in [0.717, 1.165) is 48.3 Å². The Kier molecular flexibility index (Phi) is 4.03. The minimum absolute atomic E-state index is 0.0104. The third kappa shape index (κ3) is 3.26. The molecule has 1 aromatic heterocycles. The summed E-state index contributed by atoms with van der Waals surface area (Å²) in [6.45, 7) is 2.34. The highest BCUT2D eigenvalue weighted by Gasteiger charge is 2.51. The van der Waals surface area contributed by atoms with Crippen LogP contribution >= 0.6 is 0 Å². The fraction of sp³-hybridized carbons (Fsp3) is 0.522. The van der Waals surface area contributed by atoms with Crippen LogP contribution in [0.4, 0.5) is 0 Å². The van der Waals surface area contributed by atoms with Crippen LogP contribution in [0, 0.1) is 24.7 Å². The van der Waals surface area contributed by atoms with E-state index in [2.05, 4.69) is 5.32 Å². The highest BCUT2D eigenvalue weighted by atomic mass is 16.5. The van der Waals surface area contributed by atoms with Crippen LogP contribution in [0.2, 0.25) is 0 Å². The SMILES string of the molecule is Cc1ccccc1OCc1ccc(C(=O)NC23CC4CC(CC(C4)C2)C3)o1. The van der Waals surface area contributed by atoms with Crippen molar-refractivity contribution in [3.8, 4) is 5.75 Å². The second-order valence-electron chi connectivity index (χ2n) is 8.97. The van der Waals surface area contributed by atoms with Gasteiger partial charge in [0.15, 0.2) is 5.76 Å². The van der Waals surface area contributed by atoms with Gasteiger partial charge in [-0.25, -0.2) is 0 Å². The van der Waals surface area contributed by atoms with Gasteiger partial charge in [0.2, 0.25) is 0 Å². The van der Waals surface area contributed by atoms with Gasteiger partial charge in [-0.1, -0.05) is 18.2 Å². The smallest absolute Gasteiger partial charge is 0.287 e. The number of hydrogen-bond acceptors (Lipinski definition) is 3. The Morgan fingerprint density at radius 1 is 1.07 bits per heavy atom. The lowest BCUT2D eigenvalue weighted by Gasteiger charge is -2.56. The summed E-state index contributed by atoms with van der Waals surface area (Å²) in [6, 6.07) is 11.5. The maximum Gasteiger partial charge on any atom is 0.287 e. The average Bonchev–Trinajstić information content (AvgIpc) is 3.09. The number of amides is 1. The molecule has 0 unspecified atom stereocenters. The fourth-order valence-corrected chi connectivity index (χ4v) is 6.01. The van der Waals surface area contributed by atoms with E-state index in [1.54, 1.807) is 6.07 Å². The summed E-state index contributed by atoms with van der Waals surface area (Å²) in [5.41, 5.74) is 1.10. The van der Waals surface area contributed by atoms with Gasteiger partial charge < -0.3 is 14.5 Å². The van der Waals surface area contributed by atoms with E-state index in [1.165, 1.54) is 19.3 Å². The Labute approximate surface area is 160 Å². The molecule has 0 atom stereocenters. The third-order valence-corrected chi connectivity index (χ3v) is 6.77. The van der Waals surface area contributed by atoms with Crippen molar-refractivity contribution in [2.75, 3.05) is 0 Å². The standard InChI is InChI=1S/C23H27NO3/c1-15-4-2-3-5-20(15)26-14-19-6-7-21(27-19)22(25)24-23-11-16-8-17(12-23)10-18(9-16)13-23/h2-7,16-18H,8-14H2,1H3,(H,24,25). The second-order valence-corrected chi connectivity index (χ2v) is 8.97. The number of nitrogens with one attached hydrogen (secondary N) is 1. The molecular formula is C23H27NO3. The number of aryl methyl sites for hydroxylation is 1. The number of para-hydroxylation sites is 1. The van der Waals surface area contributed by atoms with Crippen LogP contribution in [0.15, 0.2) is 40.8 Å². The Morgan fingerprint density at radius 3 is 2.41 bits per heavy atom. The number of ether oxygens (including phenoxy) is 1. The van der Waals surface area contributed by atoms with Gasteiger partial charge in [-0.15, -0.1) is 0 Å². The summed E-state index contributed by atoms with van der Waals surface area (Å²) >= 11 is 0. The summed E-state index contributed by atoms with van der Waals surface area (Å²) in [5, 5.41) is 3.36. The van der Waals surface area contributed by atoms with Gasteiger partial charge >= 0.3 is 0 Å². The molecule has 4 heteroatoms. The van der Waals surface area contributed by atoms with Gasteiger partial charge in [0.05, 0.1) is 0 Å². The largest absolute Gasteiger partial charge is 0.485 e. The maximum atomic E-state index is 12.8. The highest BCUT2D eigenvalue weighted by Crippen LogP contribution is 2.55. The minimum atomic E-state index is -0.0703. The predicted octanol–water partition coefficient (Wildman–Crippen LogP) is 4.87. The first-order chi connectivity index (χ1) is 13.1. The Morgan fingerprint density at radius 2 is 1.74 bits per heavy atom. The number of rotatable bonds is 5. The first-order valence-corrected chi connectivity index (χ1v) is 10.2. The molecule has 4 saturated carbocycles. The molecule has 1 N–H and O–H groups in total. The van der Waals surface area contributed by atoms with E-state index >= 15 is 0 Å². The van der Waals surface area contributed by atoms with Crippen molar-refractivity contribution in [1.82, 2.24) is 5.32 Å². The lowest BCUT2D eigenvalue weighted by Crippen LogP contribution is -2.59. The average molecular weight is 365 g/mol. The number of carbonyl (C=O) groups excluding carboxylic acids is 1. The van der Waals surface area contributed by atoms with Crippen molar-refractivity contribution in [3.63, 3.8) is 0 Å². The highest BCUT2D eigenvalue weighted by molar-refractivity contribution is 5.92. The lowest BCUT2D eigenvalue weighted by molar-refractivity contribution is -0.0171. The number of carbonyl (C=O) groups is 1. The van der Waals surface area contributed by atoms with Crippen molar-refractivity contribution < 1.29 is 13.9 Å². The molecular weight excluding hydrogens is 338 g/mol. The zero-order valence-electron chi connectivity index (χ0n) is 15.9. The molecule has 4 fully saturated rings. The maximum absolute atomic E-state index is 12.8. The van der Waals surface area contributed by atoms with Crippen LogP contribution in [0.3, 0.4) is 0 Å². The monoisotopic (exact) mass is 365 g/mol. The molecule has 0 radical (unpaired) electrons. The molecule has 4 aliphatic carbocycles. The summed E-state index contributed by atoms with van der Waals surface area (Å²) < 4.78 is 11.6. The van der Waals surface area contributed by atoms with Crippen molar-refractivity contribution in [2.24, 2.45) is 17.8 Å². The third-order valence-electron chi connectivity index (χ3n) is 6.77. The van der Waals surface area contributed by atoms with E-state index in [-0.39, 0.29) is 11.4 Å². The molecule has 4 aliphatic rings. The topological polar surface area (TPSA) is 51.5 Å². The molecule has 0 saturated heterocycles. The zero-order valence-corrected chi connectivity index (χ0v) is 15.9. The first-order valence-electron chi connectivity index (χ1n) is 10.2. The van der Waals surface area contributed by atoms with Gasteiger partial charge in [-0.05, 0) is 87.0 Å². The van der Waals surface area contributed by atoms with Crippen molar-refractivity contribution in [2.45, 2.75) is 57.6 Å². The zero-order chi connectivity index (χ0) is 18.4. The normalized spacial score (nSPS) is 31.1. The van der Waals surface area contributed by atoms with E-state index in [4.69, 9.17) is 9.15 Å². The summed E-state index contributed by atoms with van der Waals surface area (Å²) in [4.78, 5) is 12.8. The second kappa shape index (κ2) is 6.43.